The molecule has 0 amide bonds. The van der Waals surface area contributed by atoms with Gasteiger partial charge >= 0.3 is 0 Å². The van der Waals surface area contributed by atoms with E-state index < -0.39 is 0 Å². The van der Waals surface area contributed by atoms with E-state index in [-0.39, 0.29) is 16.1 Å². The van der Waals surface area contributed by atoms with E-state index in [4.69, 9.17) is 39.5 Å². The third-order valence-electron chi connectivity index (χ3n) is 2.77. The zero-order valence-corrected chi connectivity index (χ0v) is 12.3. The first-order valence-electron chi connectivity index (χ1n) is 5.86. The topological polar surface area (TPSA) is 29.5 Å². The standard InChI is InChI=1S/C14H13Cl3O2/c15-6-5-9(16)8-19-13-7-12(17)14(18)11-4-2-1-3-10(11)13/h1-4,7,9,18H,5-6,8H2. The largest absolute Gasteiger partial charge is 0.506 e. The molecule has 102 valence electrons. The third kappa shape index (κ3) is 3.38. The van der Waals surface area contributed by atoms with E-state index in [9.17, 15) is 5.11 Å². The molecule has 0 saturated heterocycles. The highest BCUT2D eigenvalue weighted by molar-refractivity contribution is 6.33. The first-order chi connectivity index (χ1) is 9.13. The number of hydrogen-bond acceptors (Lipinski definition) is 2. The second-order valence-corrected chi connectivity index (χ2v) is 5.54. The molecule has 5 heteroatoms. The van der Waals surface area contributed by atoms with Gasteiger partial charge in [0.1, 0.15) is 18.1 Å². The van der Waals surface area contributed by atoms with Crippen molar-refractivity contribution in [1.29, 1.82) is 0 Å². The summed E-state index contributed by atoms with van der Waals surface area (Å²) in [7, 11) is 0. The number of hydrogen-bond donors (Lipinski definition) is 1. The average molecular weight is 320 g/mol. The molecule has 1 unspecified atom stereocenters. The molecule has 0 saturated carbocycles. The molecule has 0 aliphatic carbocycles. The molecule has 0 radical (unpaired) electrons. The summed E-state index contributed by atoms with van der Waals surface area (Å²) in [6.45, 7) is 0.347. The first kappa shape index (κ1) is 14.6. The molecule has 0 spiro atoms. The van der Waals surface area contributed by atoms with Crippen LogP contribution in [-0.4, -0.2) is 23.0 Å². The Morgan fingerprint density at radius 3 is 2.58 bits per heavy atom. The van der Waals surface area contributed by atoms with Gasteiger partial charge in [0.05, 0.1) is 10.4 Å². The zero-order valence-electron chi connectivity index (χ0n) is 10.1. The van der Waals surface area contributed by atoms with Crippen molar-refractivity contribution in [2.75, 3.05) is 12.5 Å². The van der Waals surface area contributed by atoms with Gasteiger partial charge in [-0.2, -0.15) is 0 Å². The number of alkyl halides is 2. The van der Waals surface area contributed by atoms with Crippen LogP contribution in [0.25, 0.3) is 10.8 Å². The summed E-state index contributed by atoms with van der Waals surface area (Å²) >= 11 is 17.7. The Balaban J connectivity index is 2.30. The molecule has 1 atom stereocenters. The number of halogens is 3. The lowest BCUT2D eigenvalue weighted by Gasteiger charge is -2.13. The van der Waals surface area contributed by atoms with E-state index in [2.05, 4.69) is 0 Å². The molecule has 0 bridgehead atoms. The number of benzene rings is 2. The van der Waals surface area contributed by atoms with Crippen LogP contribution in [0.1, 0.15) is 6.42 Å². The number of phenolic OH excluding ortho intramolecular Hbond substituents is 1. The van der Waals surface area contributed by atoms with Gasteiger partial charge in [-0.3, -0.25) is 0 Å². The molecule has 0 aliphatic rings. The number of rotatable bonds is 5. The molecular formula is C14H13Cl3O2. The van der Waals surface area contributed by atoms with Crippen molar-refractivity contribution in [2.45, 2.75) is 11.8 Å². The third-order valence-corrected chi connectivity index (χ3v) is 3.62. The molecule has 2 aromatic rings. The van der Waals surface area contributed by atoms with E-state index in [1.54, 1.807) is 12.1 Å². The molecule has 0 aromatic heterocycles. The van der Waals surface area contributed by atoms with Crippen LogP contribution in [0.4, 0.5) is 0 Å². The minimum absolute atomic E-state index is 0.0628. The first-order valence-corrected chi connectivity index (χ1v) is 7.21. The highest BCUT2D eigenvalue weighted by atomic mass is 35.5. The molecule has 0 aliphatic heterocycles. The van der Waals surface area contributed by atoms with Gasteiger partial charge in [-0.15, -0.1) is 23.2 Å². The van der Waals surface area contributed by atoms with Crippen molar-refractivity contribution >= 4 is 45.6 Å². The fourth-order valence-electron chi connectivity index (χ4n) is 1.80. The molecule has 2 aromatic carbocycles. The molecule has 1 N–H and O–H groups in total. The van der Waals surface area contributed by atoms with Crippen molar-refractivity contribution in [3.63, 3.8) is 0 Å². The lowest BCUT2D eigenvalue weighted by atomic mass is 10.1. The molecule has 2 nitrogen and oxygen atoms in total. The maximum Gasteiger partial charge on any atom is 0.142 e. The van der Waals surface area contributed by atoms with Crippen LogP contribution in [-0.2, 0) is 0 Å². The number of aromatic hydroxyl groups is 1. The van der Waals surface area contributed by atoms with Crippen molar-refractivity contribution in [1.82, 2.24) is 0 Å². The summed E-state index contributed by atoms with van der Waals surface area (Å²) in [4.78, 5) is 0. The Hall–Kier alpha value is -0.830. The van der Waals surface area contributed by atoms with Crippen LogP contribution in [0.15, 0.2) is 30.3 Å². The van der Waals surface area contributed by atoms with Crippen LogP contribution < -0.4 is 4.74 Å². The van der Waals surface area contributed by atoms with Crippen molar-refractivity contribution in [2.24, 2.45) is 0 Å². The monoisotopic (exact) mass is 318 g/mol. The van der Waals surface area contributed by atoms with Gasteiger partial charge in [-0.05, 0) is 6.42 Å². The molecule has 0 heterocycles. The van der Waals surface area contributed by atoms with E-state index in [1.807, 2.05) is 18.2 Å². The number of ether oxygens (including phenoxy) is 1. The lowest BCUT2D eigenvalue weighted by Crippen LogP contribution is -2.12. The Kier molecular flexibility index (Phi) is 5.03. The summed E-state index contributed by atoms with van der Waals surface area (Å²) in [5.74, 6) is 1.17. The predicted octanol–water partition coefficient (Wildman–Crippen LogP) is 4.81. The van der Waals surface area contributed by atoms with Crippen molar-refractivity contribution in [3.05, 3.63) is 35.4 Å². The Labute approximate surface area is 126 Å². The van der Waals surface area contributed by atoms with Crippen LogP contribution in [0.3, 0.4) is 0 Å². The quantitative estimate of drug-likeness (QED) is 0.801. The molecule has 0 fully saturated rings. The number of fused-ring (bicyclic) bond motifs is 1. The van der Waals surface area contributed by atoms with Crippen LogP contribution in [0.2, 0.25) is 5.02 Å². The fraction of sp³-hybridized carbons (Fsp3) is 0.286. The van der Waals surface area contributed by atoms with Crippen LogP contribution in [0.5, 0.6) is 11.5 Å². The SMILES string of the molecule is Oc1c(Cl)cc(OCC(Cl)CCCl)c2ccccc12. The molecule has 2 rings (SSSR count). The maximum absolute atomic E-state index is 9.91. The second-order valence-electron chi connectivity index (χ2n) is 4.14. The van der Waals surface area contributed by atoms with Gasteiger partial charge < -0.3 is 9.84 Å². The summed E-state index contributed by atoms with van der Waals surface area (Å²) in [5.41, 5.74) is 0. The molecule has 19 heavy (non-hydrogen) atoms. The Morgan fingerprint density at radius 2 is 1.89 bits per heavy atom. The predicted molar refractivity (Wildman–Crippen MR) is 81.1 cm³/mol. The average Bonchev–Trinajstić information content (AvgIpc) is 2.42. The fourth-order valence-corrected chi connectivity index (χ4v) is 2.54. The van der Waals surface area contributed by atoms with Gasteiger partial charge in [0, 0.05) is 22.7 Å². The van der Waals surface area contributed by atoms with Gasteiger partial charge in [-0.1, -0.05) is 35.9 Å². The van der Waals surface area contributed by atoms with Gasteiger partial charge in [-0.25, -0.2) is 0 Å². The minimum Gasteiger partial charge on any atom is -0.506 e. The van der Waals surface area contributed by atoms with Gasteiger partial charge in [0.25, 0.3) is 0 Å². The summed E-state index contributed by atoms with van der Waals surface area (Å²) in [5, 5.41) is 11.5. The van der Waals surface area contributed by atoms with Crippen molar-refractivity contribution < 1.29 is 9.84 Å². The Bertz CT molecular complexity index is 572. The Morgan fingerprint density at radius 1 is 1.21 bits per heavy atom. The van der Waals surface area contributed by atoms with Crippen LogP contribution in [0, 0.1) is 0 Å². The highest BCUT2D eigenvalue weighted by Gasteiger charge is 2.12. The van der Waals surface area contributed by atoms with Crippen LogP contribution >= 0.6 is 34.8 Å². The smallest absolute Gasteiger partial charge is 0.142 e. The molecular weight excluding hydrogens is 307 g/mol. The highest BCUT2D eigenvalue weighted by Crippen LogP contribution is 2.38. The number of phenols is 1. The van der Waals surface area contributed by atoms with E-state index in [1.165, 1.54) is 0 Å². The van der Waals surface area contributed by atoms with Gasteiger partial charge in [0.15, 0.2) is 0 Å². The lowest BCUT2D eigenvalue weighted by molar-refractivity contribution is 0.316. The van der Waals surface area contributed by atoms with Gasteiger partial charge in [0.2, 0.25) is 0 Å². The maximum atomic E-state index is 9.91. The van der Waals surface area contributed by atoms with E-state index in [0.717, 1.165) is 5.39 Å². The van der Waals surface area contributed by atoms with Crippen molar-refractivity contribution in [3.8, 4) is 11.5 Å². The summed E-state index contributed by atoms with van der Waals surface area (Å²) in [6.07, 6.45) is 0.673. The normalized spacial score (nSPS) is 12.6. The summed E-state index contributed by atoms with van der Waals surface area (Å²) in [6, 6.07) is 8.97. The van der Waals surface area contributed by atoms with E-state index in [0.29, 0.717) is 30.0 Å². The van der Waals surface area contributed by atoms with E-state index >= 15 is 0 Å². The summed E-state index contributed by atoms with van der Waals surface area (Å²) < 4.78 is 5.68. The zero-order chi connectivity index (χ0) is 13.8. The minimum atomic E-state index is -0.149. The second kappa shape index (κ2) is 6.56.